The van der Waals surface area contributed by atoms with Gasteiger partial charge in [0, 0.05) is 50.0 Å². The molecule has 3 heterocycles. The van der Waals surface area contributed by atoms with Crippen LogP contribution in [0.3, 0.4) is 0 Å². The van der Waals surface area contributed by atoms with Gasteiger partial charge in [0.15, 0.2) is 0 Å². The van der Waals surface area contributed by atoms with Crippen LogP contribution in [0.2, 0.25) is 5.02 Å². The second-order valence-corrected chi connectivity index (χ2v) is 6.95. The van der Waals surface area contributed by atoms with E-state index in [1.807, 2.05) is 53.1 Å². The maximum atomic E-state index is 12.8. The maximum absolute atomic E-state index is 12.8. The zero-order valence-corrected chi connectivity index (χ0v) is 15.5. The number of hydrogen-bond donors (Lipinski definition) is 0. The van der Waals surface area contributed by atoms with Gasteiger partial charge >= 0.3 is 0 Å². The number of pyridine rings is 1. The average Bonchev–Trinajstić information content (AvgIpc) is 3.03. The fourth-order valence-electron chi connectivity index (χ4n) is 3.27. The van der Waals surface area contributed by atoms with Gasteiger partial charge in [-0.25, -0.2) is 4.98 Å². The van der Waals surface area contributed by atoms with Gasteiger partial charge in [-0.3, -0.25) is 9.59 Å². The predicted molar refractivity (Wildman–Crippen MR) is 103 cm³/mol. The van der Waals surface area contributed by atoms with Crippen molar-refractivity contribution in [3.8, 4) is 0 Å². The topological polar surface area (TPSA) is 57.9 Å². The Morgan fingerprint density at radius 1 is 1.07 bits per heavy atom. The zero-order valence-electron chi connectivity index (χ0n) is 14.7. The lowest BCUT2D eigenvalue weighted by atomic mass is 10.2. The molecule has 6 nitrogen and oxygen atoms in total. The van der Waals surface area contributed by atoms with Crippen molar-refractivity contribution in [3.05, 3.63) is 71.1 Å². The number of hydrogen-bond acceptors (Lipinski definition) is 3. The van der Waals surface area contributed by atoms with Gasteiger partial charge in [0.1, 0.15) is 11.3 Å². The SMILES string of the molecule is O=C1CCN(C(=O)c2cn3ccccc3n2)CCN1Cc1ccccc1Cl. The molecule has 0 atom stereocenters. The summed E-state index contributed by atoms with van der Waals surface area (Å²) < 4.78 is 1.82. The summed E-state index contributed by atoms with van der Waals surface area (Å²) in [6.07, 6.45) is 3.88. The summed E-state index contributed by atoms with van der Waals surface area (Å²) >= 11 is 6.22. The van der Waals surface area contributed by atoms with Crippen molar-refractivity contribution in [2.45, 2.75) is 13.0 Å². The Morgan fingerprint density at radius 3 is 2.70 bits per heavy atom. The molecular formula is C20H19ClN4O2. The molecule has 0 aliphatic carbocycles. The lowest BCUT2D eigenvalue weighted by Crippen LogP contribution is -2.35. The van der Waals surface area contributed by atoms with E-state index in [-0.39, 0.29) is 11.8 Å². The van der Waals surface area contributed by atoms with Crippen LogP contribution in [-0.4, -0.2) is 50.6 Å². The smallest absolute Gasteiger partial charge is 0.274 e. The summed E-state index contributed by atoms with van der Waals surface area (Å²) in [6.45, 7) is 1.80. The maximum Gasteiger partial charge on any atom is 0.274 e. The van der Waals surface area contributed by atoms with Gasteiger partial charge in [-0.1, -0.05) is 35.9 Å². The molecule has 7 heteroatoms. The van der Waals surface area contributed by atoms with E-state index in [2.05, 4.69) is 4.98 Å². The minimum absolute atomic E-state index is 0.0280. The Hall–Kier alpha value is -2.86. The van der Waals surface area contributed by atoms with Gasteiger partial charge in [0.25, 0.3) is 5.91 Å². The van der Waals surface area contributed by atoms with Crippen LogP contribution in [0.4, 0.5) is 0 Å². The van der Waals surface area contributed by atoms with Gasteiger partial charge in [-0.2, -0.15) is 0 Å². The molecule has 4 rings (SSSR count). The second-order valence-electron chi connectivity index (χ2n) is 6.54. The molecule has 27 heavy (non-hydrogen) atoms. The number of aromatic nitrogens is 2. The molecule has 0 N–H and O–H groups in total. The average molecular weight is 383 g/mol. The number of imidazole rings is 1. The van der Waals surface area contributed by atoms with Crippen molar-refractivity contribution in [1.82, 2.24) is 19.2 Å². The standard InChI is InChI=1S/C20H19ClN4O2/c21-16-6-2-1-5-15(16)13-25-12-11-23(10-8-19(25)26)20(27)17-14-24-9-4-3-7-18(24)22-17/h1-7,9,14H,8,10-13H2. The quantitative estimate of drug-likeness (QED) is 0.699. The van der Waals surface area contributed by atoms with E-state index >= 15 is 0 Å². The summed E-state index contributed by atoms with van der Waals surface area (Å²) in [5.74, 6) is -0.119. The first kappa shape index (κ1) is 17.5. The lowest BCUT2D eigenvalue weighted by molar-refractivity contribution is -0.130. The normalized spacial score (nSPS) is 15.2. The van der Waals surface area contributed by atoms with Crippen LogP contribution in [-0.2, 0) is 11.3 Å². The second kappa shape index (κ2) is 7.40. The van der Waals surface area contributed by atoms with E-state index in [9.17, 15) is 9.59 Å². The molecular weight excluding hydrogens is 364 g/mol. The number of benzene rings is 1. The highest BCUT2D eigenvalue weighted by Gasteiger charge is 2.26. The van der Waals surface area contributed by atoms with Crippen LogP contribution >= 0.6 is 11.6 Å². The van der Waals surface area contributed by atoms with Crippen LogP contribution in [0.25, 0.3) is 5.65 Å². The van der Waals surface area contributed by atoms with E-state index in [1.54, 1.807) is 16.0 Å². The van der Waals surface area contributed by atoms with Crippen molar-refractivity contribution >= 4 is 29.1 Å². The van der Waals surface area contributed by atoms with E-state index in [4.69, 9.17) is 11.6 Å². The molecule has 1 saturated heterocycles. The highest BCUT2D eigenvalue weighted by atomic mass is 35.5. The summed E-state index contributed by atoms with van der Waals surface area (Å²) in [5.41, 5.74) is 2.04. The fraction of sp³-hybridized carbons (Fsp3) is 0.250. The molecule has 1 fully saturated rings. The van der Waals surface area contributed by atoms with Gasteiger partial charge < -0.3 is 14.2 Å². The summed E-state index contributed by atoms with van der Waals surface area (Å²) in [5, 5.41) is 0.646. The number of amides is 2. The van der Waals surface area contributed by atoms with Gasteiger partial charge in [-0.15, -0.1) is 0 Å². The third kappa shape index (κ3) is 3.66. The molecule has 0 saturated carbocycles. The summed E-state index contributed by atoms with van der Waals surface area (Å²) in [6, 6.07) is 13.1. The first-order valence-electron chi connectivity index (χ1n) is 8.86. The monoisotopic (exact) mass is 382 g/mol. The Morgan fingerprint density at radius 2 is 1.89 bits per heavy atom. The molecule has 0 radical (unpaired) electrons. The molecule has 2 amide bonds. The number of fused-ring (bicyclic) bond motifs is 1. The van der Waals surface area contributed by atoms with Gasteiger partial charge in [0.05, 0.1) is 0 Å². The molecule has 1 aromatic carbocycles. The number of rotatable bonds is 3. The molecule has 1 aliphatic rings. The highest BCUT2D eigenvalue weighted by Crippen LogP contribution is 2.19. The molecule has 3 aromatic rings. The van der Waals surface area contributed by atoms with Crippen LogP contribution in [0, 0.1) is 0 Å². The first-order chi connectivity index (χ1) is 13.1. The summed E-state index contributed by atoms with van der Waals surface area (Å²) in [4.78, 5) is 33.2. The van der Waals surface area contributed by atoms with Gasteiger partial charge in [0.2, 0.25) is 5.91 Å². The van der Waals surface area contributed by atoms with Crippen LogP contribution < -0.4 is 0 Å². The number of nitrogens with zero attached hydrogens (tertiary/aromatic N) is 4. The predicted octanol–water partition coefficient (Wildman–Crippen LogP) is 2.86. The van der Waals surface area contributed by atoms with E-state index in [0.29, 0.717) is 43.3 Å². The highest BCUT2D eigenvalue weighted by molar-refractivity contribution is 6.31. The molecule has 0 bridgehead atoms. The van der Waals surface area contributed by atoms with Crippen molar-refractivity contribution in [2.75, 3.05) is 19.6 Å². The van der Waals surface area contributed by atoms with Crippen LogP contribution in [0.15, 0.2) is 54.9 Å². The van der Waals surface area contributed by atoms with E-state index < -0.39 is 0 Å². The minimum Gasteiger partial charge on any atom is -0.336 e. The Balaban J connectivity index is 1.48. The van der Waals surface area contributed by atoms with Gasteiger partial charge in [-0.05, 0) is 23.8 Å². The molecule has 0 unspecified atom stereocenters. The van der Waals surface area contributed by atoms with Crippen molar-refractivity contribution in [3.63, 3.8) is 0 Å². The summed E-state index contributed by atoms with van der Waals surface area (Å²) in [7, 11) is 0. The lowest BCUT2D eigenvalue weighted by Gasteiger charge is -2.22. The Bertz CT molecular complexity index is 967. The van der Waals surface area contributed by atoms with E-state index in [1.165, 1.54) is 0 Å². The van der Waals surface area contributed by atoms with Crippen LogP contribution in [0.5, 0.6) is 0 Å². The van der Waals surface area contributed by atoms with E-state index in [0.717, 1.165) is 11.2 Å². The molecule has 2 aromatic heterocycles. The molecule has 0 spiro atoms. The fourth-order valence-corrected chi connectivity index (χ4v) is 3.46. The molecule has 1 aliphatic heterocycles. The van der Waals surface area contributed by atoms with Crippen LogP contribution in [0.1, 0.15) is 22.5 Å². The Kier molecular flexibility index (Phi) is 4.81. The Labute approximate surface area is 162 Å². The molecule has 138 valence electrons. The van der Waals surface area contributed by atoms with Crippen molar-refractivity contribution < 1.29 is 9.59 Å². The minimum atomic E-state index is -0.147. The number of carbonyl (C=O) groups is 2. The number of carbonyl (C=O) groups excluding carboxylic acids is 2. The third-order valence-corrected chi connectivity index (χ3v) is 5.15. The van der Waals surface area contributed by atoms with Crippen molar-refractivity contribution in [2.24, 2.45) is 0 Å². The number of halogens is 1. The third-order valence-electron chi connectivity index (χ3n) is 4.78. The first-order valence-corrected chi connectivity index (χ1v) is 9.24. The zero-order chi connectivity index (χ0) is 18.8. The largest absolute Gasteiger partial charge is 0.336 e. The van der Waals surface area contributed by atoms with Crippen molar-refractivity contribution in [1.29, 1.82) is 0 Å².